The lowest BCUT2D eigenvalue weighted by Crippen LogP contribution is -2.73. The Hall–Kier alpha value is -2.96. The molecule has 1 aliphatic rings. The number of nitrogens with one attached hydrogen (secondary N) is 2. The van der Waals surface area contributed by atoms with E-state index in [-0.39, 0.29) is 5.91 Å². The average Bonchev–Trinajstić information content (AvgIpc) is 2.74. The Morgan fingerprint density at radius 3 is 1.45 bits per heavy atom. The minimum Gasteiger partial charge on any atom is -0.336 e. The van der Waals surface area contributed by atoms with Gasteiger partial charge in [0.25, 0.3) is 0 Å². The van der Waals surface area contributed by atoms with Crippen LogP contribution in [0.2, 0.25) is 0 Å². The molecule has 1 heterocycles. The summed E-state index contributed by atoms with van der Waals surface area (Å²) >= 11 is 0. The van der Waals surface area contributed by atoms with Gasteiger partial charge < -0.3 is 5.32 Å². The molecule has 0 spiro atoms. The third kappa shape index (κ3) is 3.45. The van der Waals surface area contributed by atoms with Crippen LogP contribution in [0.3, 0.4) is 0 Å². The summed E-state index contributed by atoms with van der Waals surface area (Å²) in [6.07, 6.45) is 1.14. The van der Waals surface area contributed by atoms with E-state index in [9.17, 15) is 13.2 Å². The average molecular weight is 407 g/mol. The maximum Gasteiger partial charge on any atom is 0.241 e. The van der Waals surface area contributed by atoms with Crippen LogP contribution in [0.1, 0.15) is 16.7 Å². The molecule has 0 aromatic heterocycles. The normalized spacial score (nSPS) is 19.3. The fourth-order valence-electron chi connectivity index (χ4n) is 3.90. The number of amides is 1. The second kappa shape index (κ2) is 7.46. The third-order valence-electron chi connectivity index (χ3n) is 5.32. The van der Waals surface area contributed by atoms with Crippen molar-refractivity contribution in [3.8, 4) is 0 Å². The Kier molecular flexibility index (Phi) is 4.98. The second-order valence-corrected chi connectivity index (χ2v) is 9.40. The Morgan fingerprint density at radius 1 is 0.759 bits per heavy atom. The molecular weight excluding hydrogens is 384 g/mol. The smallest absolute Gasteiger partial charge is 0.241 e. The van der Waals surface area contributed by atoms with Gasteiger partial charge in [-0.05, 0) is 16.7 Å². The van der Waals surface area contributed by atoms with Gasteiger partial charge in [-0.3, -0.25) is 10.1 Å². The molecule has 5 nitrogen and oxygen atoms in total. The summed E-state index contributed by atoms with van der Waals surface area (Å²) in [7, 11) is -3.46. The van der Waals surface area contributed by atoms with Crippen molar-refractivity contribution in [2.75, 3.05) is 6.26 Å². The largest absolute Gasteiger partial charge is 0.336 e. The van der Waals surface area contributed by atoms with Crippen LogP contribution in [0, 0.1) is 0 Å². The molecule has 4 rings (SSSR count). The molecule has 0 saturated carbocycles. The van der Waals surface area contributed by atoms with E-state index in [0.29, 0.717) is 0 Å². The highest BCUT2D eigenvalue weighted by atomic mass is 32.2. The molecule has 29 heavy (non-hydrogen) atoms. The molecule has 1 aliphatic heterocycles. The minimum absolute atomic E-state index is 0.326. The third-order valence-corrected chi connectivity index (χ3v) is 6.64. The lowest BCUT2D eigenvalue weighted by Gasteiger charge is -2.45. The van der Waals surface area contributed by atoms with Crippen molar-refractivity contribution in [3.63, 3.8) is 0 Å². The zero-order chi connectivity index (χ0) is 20.5. The van der Waals surface area contributed by atoms with E-state index >= 15 is 0 Å². The predicted molar refractivity (Wildman–Crippen MR) is 113 cm³/mol. The van der Waals surface area contributed by atoms with E-state index in [2.05, 4.69) is 10.6 Å². The number of sulfone groups is 1. The number of hydrogen-bond acceptors (Lipinski definition) is 4. The van der Waals surface area contributed by atoms with Crippen molar-refractivity contribution in [3.05, 3.63) is 108 Å². The fraction of sp³-hybridized carbons (Fsp3) is 0.174. The molecular formula is C23H22N2O3S. The lowest BCUT2D eigenvalue weighted by atomic mass is 9.76. The van der Waals surface area contributed by atoms with E-state index in [4.69, 9.17) is 0 Å². The van der Waals surface area contributed by atoms with Gasteiger partial charge in [-0.25, -0.2) is 8.42 Å². The summed E-state index contributed by atoms with van der Waals surface area (Å²) in [6.45, 7) is 0. The standard InChI is InChI=1S/C23H22N2O3S/c1-29(27,28)22-20(21(26)24-22)25-23(17-11-5-2-6-12-17,18-13-7-3-8-14-18)19-15-9-4-10-16-19/h2-16,20,22,25H,1H3,(H,24,26). The molecule has 3 aromatic rings. The van der Waals surface area contributed by atoms with Crippen molar-refractivity contribution >= 4 is 15.7 Å². The van der Waals surface area contributed by atoms with Crippen molar-refractivity contribution in [2.45, 2.75) is 17.0 Å². The molecule has 2 unspecified atom stereocenters. The molecule has 6 heteroatoms. The number of rotatable bonds is 6. The Balaban J connectivity index is 1.95. The maximum atomic E-state index is 12.4. The SMILES string of the molecule is CS(=O)(=O)C1NC(=O)C1NC(c1ccccc1)(c1ccccc1)c1ccccc1. The van der Waals surface area contributed by atoms with Crippen LogP contribution in [-0.4, -0.2) is 32.0 Å². The van der Waals surface area contributed by atoms with Crippen LogP contribution in [-0.2, 0) is 20.2 Å². The van der Waals surface area contributed by atoms with Crippen LogP contribution in [0.5, 0.6) is 0 Å². The molecule has 148 valence electrons. The van der Waals surface area contributed by atoms with Crippen LogP contribution < -0.4 is 10.6 Å². The van der Waals surface area contributed by atoms with Crippen LogP contribution in [0.4, 0.5) is 0 Å². The molecule has 0 bridgehead atoms. The summed E-state index contributed by atoms with van der Waals surface area (Å²) in [5.41, 5.74) is 1.87. The van der Waals surface area contributed by atoms with E-state index in [1.807, 2.05) is 91.0 Å². The van der Waals surface area contributed by atoms with Gasteiger partial charge in [-0.15, -0.1) is 0 Å². The topological polar surface area (TPSA) is 75.3 Å². The highest BCUT2D eigenvalue weighted by Gasteiger charge is 2.50. The number of carbonyl (C=O) groups is 1. The molecule has 1 saturated heterocycles. The molecule has 3 aromatic carbocycles. The number of carbonyl (C=O) groups excluding carboxylic acids is 1. The summed E-state index contributed by atoms with van der Waals surface area (Å²) < 4.78 is 24.4. The Morgan fingerprint density at radius 2 is 1.14 bits per heavy atom. The van der Waals surface area contributed by atoms with Gasteiger partial charge in [0.1, 0.15) is 6.04 Å². The molecule has 0 radical (unpaired) electrons. The van der Waals surface area contributed by atoms with E-state index in [0.717, 1.165) is 22.9 Å². The van der Waals surface area contributed by atoms with Crippen molar-refractivity contribution < 1.29 is 13.2 Å². The van der Waals surface area contributed by atoms with Crippen LogP contribution >= 0.6 is 0 Å². The van der Waals surface area contributed by atoms with Gasteiger partial charge in [0.2, 0.25) is 5.91 Å². The molecule has 2 atom stereocenters. The van der Waals surface area contributed by atoms with Crippen molar-refractivity contribution in [2.24, 2.45) is 0 Å². The van der Waals surface area contributed by atoms with E-state index in [1.165, 1.54) is 0 Å². The first-order valence-corrected chi connectivity index (χ1v) is 11.3. The first-order valence-electron chi connectivity index (χ1n) is 9.36. The minimum atomic E-state index is -3.46. The summed E-state index contributed by atoms with van der Waals surface area (Å²) in [5, 5.41) is 4.98. The first kappa shape index (κ1) is 19.4. The van der Waals surface area contributed by atoms with E-state index in [1.54, 1.807) is 0 Å². The second-order valence-electron chi connectivity index (χ2n) is 7.23. The molecule has 1 amide bonds. The zero-order valence-corrected chi connectivity index (χ0v) is 16.8. The van der Waals surface area contributed by atoms with Gasteiger partial charge in [0.05, 0.1) is 5.54 Å². The number of benzene rings is 3. The van der Waals surface area contributed by atoms with Gasteiger partial charge in [0.15, 0.2) is 15.2 Å². The van der Waals surface area contributed by atoms with Gasteiger partial charge in [-0.2, -0.15) is 0 Å². The van der Waals surface area contributed by atoms with Crippen LogP contribution in [0.25, 0.3) is 0 Å². The maximum absolute atomic E-state index is 12.4. The highest BCUT2D eigenvalue weighted by Crippen LogP contribution is 2.38. The molecule has 1 fully saturated rings. The van der Waals surface area contributed by atoms with Gasteiger partial charge in [0, 0.05) is 6.26 Å². The van der Waals surface area contributed by atoms with Gasteiger partial charge in [-0.1, -0.05) is 91.0 Å². The fourth-order valence-corrected chi connectivity index (χ4v) is 4.91. The van der Waals surface area contributed by atoms with Crippen molar-refractivity contribution in [1.82, 2.24) is 10.6 Å². The quantitative estimate of drug-likeness (QED) is 0.487. The van der Waals surface area contributed by atoms with Crippen molar-refractivity contribution in [1.29, 1.82) is 0 Å². The zero-order valence-electron chi connectivity index (χ0n) is 15.9. The summed E-state index contributed by atoms with van der Waals surface area (Å²) in [6, 6.07) is 28.5. The Labute approximate surface area is 170 Å². The highest BCUT2D eigenvalue weighted by molar-refractivity contribution is 7.91. The Bertz CT molecular complexity index is 1000. The number of β-lactam (4-membered cyclic amide) rings is 1. The molecule has 0 aliphatic carbocycles. The first-order chi connectivity index (χ1) is 13.9. The molecule has 2 N–H and O–H groups in total. The lowest BCUT2D eigenvalue weighted by molar-refractivity contribution is -0.130. The predicted octanol–water partition coefficient (Wildman–Crippen LogP) is 2.44. The summed E-state index contributed by atoms with van der Waals surface area (Å²) in [4.78, 5) is 12.4. The van der Waals surface area contributed by atoms with E-state index < -0.39 is 26.8 Å². The summed E-state index contributed by atoms with van der Waals surface area (Å²) in [5.74, 6) is -0.326. The van der Waals surface area contributed by atoms with Crippen LogP contribution in [0.15, 0.2) is 91.0 Å². The monoisotopic (exact) mass is 406 g/mol. The number of hydrogen-bond donors (Lipinski definition) is 2. The van der Waals surface area contributed by atoms with Gasteiger partial charge >= 0.3 is 0 Å².